The Bertz CT molecular complexity index is 1440. The average Bonchev–Trinajstić information content (AvgIpc) is 3.29. The van der Waals surface area contributed by atoms with Gasteiger partial charge in [0.05, 0.1) is 0 Å². The number of ether oxygens (including phenoxy) is 1. The van der Waals surface area contributed by atoms with E-state index < -0.39 is 5.97 Å². The number of rotatable bonds is 9. The molecule has 5 aromatic rings. The number of hydrogen-bond acceptors (Lipinski definition) is 2. The Kier molecular flexibility index (Phi) is 6.62. The molecule has 0 saturated carbocycles. The summed E-state index contributed by atoms with van der Waals surface area (Å²) in [5, 5.41) is 10.1. The second-order valence-corrected chi connectivity index (χ2v) is 8.73. The van der Waals surface area contributed by atoms with Crippen molar-refractivity contribution in [1.82, 2.24) is 4.57 Å². The Balaban J connectivity index is 1.27. The van der Waals surface area contributed by atoms with E-state index >= 15 is 0 Å². The standard InChI is InChI=1S/C31H27NO3/c33-31(34)16-11-23-9-13-29(14-10-23)35-22-25-7-4-8-26(19-25)27-12-15-30-28(20-27)17-18-32(30)21-24-5-2-1-3-6-24/h1-10,12-15,17-20H,11,16,21-22H2,(H,33,34). The van der Waals surface area contributed by atoms with E-state index in [0.29, 0.717) is 13.0 Å². The molecule has 4 heteroatoms. The number of hydrogen-bond donors (Lipinski definition) is 1. The molecular formula is C31H27NO3. The fraction of sp³-hybridized carbons (Fsp3) is 0.129. The third-order valence-corrected chi connectivity index (χ3v) is 6.18. The molecule has 4 aromatic carbocycles. The van der Waals surface area contributed by atoms with E-state index in [1.807, 2.05) is 30.3 Å². The maximum absolute atomic E-state index is 10.7. The van der Waals surface area contributed by atoms with Gasteiger partial charge in [0.25, 0.3) is 0 Å². The van der Waals surface area contributed by atoms with Crippen LogP contribution < -0.4 is 4.74 Å². The Morgan fingerprint density at radius 1 is 0.743 bits per heavy atom. The van der Waals surface area contributed by atoms with Crippen molar-refractivity contribution in [3.8, 4) is 16.9 Å². The Morgan fingerprint density at radius 3 is 2.31 bits per heavy atom. The van der Waals surface area contributed by atoms with Gasteiger partial charge in [-0.15, -0.1) is 0 Å². The van der Waals surface area contributed by atoms with Crippen LogP contribution in [-0.2, 0) is 24.4 Å². The SMILES string of the molecule is O=C(O)CCc1ccc(OCc2cccc(-c3ccc4c(ccn4Cc4ccccc4)c3)c2)cc1. The van der Waals surface area contributed by atoms with E-state index in [1.165, 1.54) is 22.0 Å². The quantitative estimate of drug-likeness (QED) is 0.258. The van der Waals surface area contributed by atoms with Crippen molar-refractivity contribution in [2.75, 3.05) is 0 Å². The van der Waals surface area contributed by atoms with Crippen LogP contribution in [0.25, 0.3) is 22.0 Å². The third-order valence-electron chi connectivity index (χ3n) is 6.18. The number of aromatic nitrogens is 1. The van der Waals surface area contributed by atoms with Gasteiger partial charge < -0.3 is 14.4 Å². The molecule has 174 valence electrons. The molecule has 1 N–H and O–H groups in total. The van der Waals surface area contributed by atoms with Crippen molar-refractivity contribution in [3.05, 3.63) is 126 Å². The summed E-state index contributed by atoms with van der Waals surface area (Å²) in [6.07, 6.45) is 2.81. The number of carbonyl (C=O) groups is 1. The van der Waals surface area contributed by atoms with Crippen molar-refractivity contribution >= 4 is 16.9 Å². The lowest BCUT2D eigenvalue weighted by Crippen LogP contribution is -1.98. The zero-order chi connectivity index (χ0) is 24.0. The molecule has 0 bridgehead atoms. The first-order chi connectivity index (χ1) is 17.1. The molecular weight excluding hydrogens is 434 g/mol. The summed E-state index contributed by atoms with van der Waals surface area (Å²) in [6.45, 7) is 1.33. The van der Waals surface area contributed by atoms with Gasteiger partial charge in [-0.2, -0.15) is 0 Å². The van der Waals surface area contributed by atoms with Gasteiger partial charge in [0, 0.05) is 30.1 Å². The zero-order valence-corrected chi connectivity index (χ0v) is 19.4. The van der Waals surface area contributed by atoms with E-state index in [-0.39, 0.29) is 6.42 Å². The zero-order valence-electron chi connectivity index (χ0n) is 19.4. The molecule has 1 heterocycles. The van der Waals surface area contributed by atoms with Gasteiger partial charge in [-0.25, -0.2) is 0 Å². The first-order valence-corrected chi connectivity index (χ1v) is 11.8. The first kappa shape index (κ1) is 22.5. The largest absolute Gasteiger partial charge is 0.489 e. The number of fused-ring (bicyclic) bond motifs is 1. The second kappa shape index (κ2) is 10.3. The smallest absolute Gasteiger partial charge is 0.303 e. The van der Waals surface area contributed by atoms with Gasteiger partial charge >= 0.3 is 5.97 Å². The Labute approximate surface area is 205 Å². The number of carboxylic acid groups (broad SMARTS) is 1. The minimum Gasteiger partial charge on any atom is -0.489 e. The highest BCUT2D eigenvalue weighted by molar-refractivity contribution is 5.85. The monoisotopic (exact) mass is 461 g/mol. The highest BCUT2D eigenvalue weighted by Crippen LogP contribution is 2.27. The summed E-state index contributed by atoms with van der Waals surface area (Å²) in [5.41, 5.74) is 6.95. The average molecular weight is 462 g/mol. The van der Waals surface area contributed by atoms with E-state index in [2.05, 4.69) is 83.6 Å². The van der Waals surface area contributed by atoms with Crippen molar-refractivity contribution < 1.29 is 14.6 Å². The van der Waals surface area contributed by atoms with Crippen molar-refractivity contribution in [2.24, 2.45) is 0 Å². The Morgan fingerprint density at radius 2 is 1.51 bits per heavy atom. The molecule has 35 heavy (non-hydrogen) atoms. The molecule has 0 radical (unpaired) electrons. The number of carboxylic acids is 1. The fourth-order valence-corrected chi connectivity index (χ4v) is 4.31. The van der Waals surface area contributed by atoms with Crippen molar-refractivity contribution in [1.29, 1.82) is 0 Å². The fourth-order valence-electron chi connectivity index (χ4n) is 4.31. The van der Waals surface area contributed by atoms with Gasteiger partial charge in [-0.1, -0.05) is 66.7 Å². The first-order valence-electron chi connectivity index (χ1n) is 11.8. The molecule has 0 aliphatic rings. The van der Waals surface area contributed by atoms with Gasteiger partial charge in [0.2, 0.25) is 0 Å². The molecule has 0 unspecified atom stereocenters. The summed E-state index contributed by atoms with van der Waals surface area (Å²) >= 11 is 0. The normalized spacial score (nSPS) is 11.0. The van der Waals surface area contributed by atoms with Crippen LogP contribution in [0.4, 0.5) is 0 Å². The van der Waals surface area contributed by atoms with Crippen molar-refractivity contribution in [2.45, 2.75) is 26.0 Å². The number of benzene rings is 4. The predicted octanol–water partition coefficient (Wildman–Crippen LogP) is 6.95. The third kappa shape index (κ3) is 5.61. The lowest BCUT2D eigenvalue weighted by atomic mass is 10.0. The molecule has 1 aromatic heterocycles. The van der Waals surface area contributed by atoms with Crippen molar-refractivity contribution in [3.63, 3.8) is 0 Å². The number of aliphatic carboxylic acids is 1. The highest BCUT2D eigenvalue weighted by atomic mass is 16.5. The number of aryl methyl sites for hydroxylation is 1. The maximum atomic E-state index is 10.7. The van der Waals surface area contributed by atoms with Crippen LogP contribution in [0.1, 0.15) is 23.1 Å². The van der Waals surface area contributed by atoms with Crippen LogP contribution in [0.3, 0.4) is 0 Å². The lowest BCUT2D eigenvalue weighted by Gasteiger charge is -2.10. The summed E-state index contributed by atoms with van der Waals surface area (Å²) in [7, 11) is 0. The van der Waals surface area contributed by atoms with Gasteiger partial charge in [-0.05, 0) is 70.6 Å². The van der Waals surface area contributed by atoms with Crippen LogP contribution in [0.15, 0.2) is 109 Å². The summed E-state index contributed by atoms with van der Waals surface area (Å²) in [5.74, 6) is -0.00948. The van der Waals surface area contributed by atoms with Gasteiger partial charge in [0.1, 0.15) is 12.4 Å². The van der Waals surface area contributed by atoms with E-state index in [0.717, 1.165) is 29.0 Å². The lowest BCUT2D eigenvalue weighted by molar-refractivity contribution is -0.136. The summed E-state index contributed by atoms with van der Waals surface area (Å²) in [4.78, 5) is 10.7. The van der Waals surface area contributed by atoms with Gasteiger partial charge in [-0.3, -0.25) is 4.79 Å². The summed E-state index contributed by atoms with van der Waals surface area (Å²) in [6, 6.07) is 35.4. The Hall–Kier alpha value is -4.31. The molecule has 4 nitrogen and oxygen atoms in total. The van der Waals surface area contributed by atoms with E-state index in [1.54, 1.807) is 0 Å². The van der Waals surface area contributed by atoms with E-state index in [4.69, 9.17) is 9.84 Å². The highest BCUT2D eigenvalue weighted by Gasteiger charge is 2.06. The van der Waals surface area contributed by atoms with Gasteiger partial charge in [0.15, 0.2) is 0 Å². The minimum atomic E-state index is -0.783. The molecule has 0 spiro atoms. The second-order valence-electron chi connectivity index (χ2n) is 8.73. The molecule has 0 atom stereocenters. The van der Waals surface area contributed by atoms with Crippen LogP contribution in [-0.4, -0.2) is 15.6 Å². The number of nitrogens with zero attached hydrogens (tertiary/aromatic N) is 1. The van der Waals surface area contributed by atoms with Crippen LogP contribution in [0.5, 0.6) is 5.75 Å². The maximum Gasteiger partial charge on any atom is 0.303 e. The van der Waals surface area contributed by atoms with Crippen LogP contribution in [0, 0.1) is 0 Å². The molecule has 5 rings (SSSR count). The molecule has 0 fully saturated rings. The van der Waals surface area contributed by atoms with Crippen LogP contribution >= 0.6 is 0 Å². The molecule has 0 amide bonds. The molecule has 0 aliphatic heterocycles. The molecule has 0 aliphatic carbocycles. The van der Waals surface area contributed by atoms with Crippen LogP contribution in [0.2, 0.25) is 0 Å². The molecule has 0 saturated heterocycles. The van der Waals surface area contributed by atoms with E-state index in [9.17, 15) is 4.79 Å². The summed E-state index contributed by atoms with van der Waals surface area (Å²) < 4.78 is 8.26. The predicted molar refractivity (Wildman–Crippen MR) is 140 cm³/mol. The topological polar surface area (TPSA) is 51.5 Å². The minimum absolute atomic E-state index is 0.135.